The Morgan fingerprint density at radius 2 is 1.79 bits per heavy atom. The van der Waals surface area contributed by atoms with Gasteiger partial charge in [-0.25, -0.2) is 4.79 Å². The molecule has 2 aromatic carbocycles. The van der Waals surface area contributed by atoms with Crippen LogP contribution >= 0.6 is 0 Å². The quantitative estimate of drug-likeness (QED) is 0.759. The van der Waals surface area contributed by atoms with Crippen molar-refractivity contribution in [1.82, 2.24) is 0 Å². The molecule has 0 aliphatic carbocycles. The van der Waals surface area contributed by atoms with E-state index in [1.165, 1.54) is 12.7 Å². The topological polar surface area (TPSA) is 26.3 Å². The third kappa shape index (κ3) is 2.53. The predicted molar refractivity (Wildman–Crippen MR) is 76.3 cm³/mol. The first-order valence-electron chi connectivity index (χ1n) is 6.22. The fourth-order valence-electron chi connectivity index (χ4n) is 2.52. The second-order valence-corrected chi connectivity index (χ2v) is 4.72. The number of aryl methyl sites for hydroxylation is 3. The highest BCUT2D eigenvalue weighted by Crippen LogP contribution is 2.31. The Labute approximate surface area is 114 Å². The van der Waals surface area contributed by atoms with E-state index in [1.807, 2.05) is 12.1 Å². The molecule has 0 aliphatic heterocycles. The maximum Gasteiger partial charge on any atom is 0.339 e. The van der Waals surface area contributed by atoms with E-state index in [2.05, 4.69) is 39.0 Å². The van der Waals surface area contributed by atoms with Crippen LogP contribution in [-0.4, -0.2) is 13.1 Å². The summed E-state index contributed by atoms with van der Waals surface area (Å²) in [4.78, 5) is 11.8. The minimum absolute atomic E-state index is 0.352. The third-order valence-electron chi connectivity index (χ3n) is 3.19. The maximum atomic E-state index is 11.8. The van der Waals surface area contributed by atoms with E-state index < -0.39 is 0 Å². The normalized spacial score (nSPS) is 10.3. The highest BCUT2D eigenvalue weighted by molar-refractivity contribution is 5.97. The van der Waals surface area contributed by atoms with Crippen LogP contribution in [0.15, 0.2) is 30.3 Å². The van der Waals surface area contributed by atoms with Crippen LogP contribution in [0, 0.1) is 26.8 Å². The molecule has 0 saturated carbocycles. The van der Waals surface area contributed by atoms with Crippen molar-refractivity contribution >= 4 is 5.97 Å². The number of hydrogen-bond acceptors (Lipinski definition) is 2. The molecule has 2 heteroatoms. The van der Waals surface area contributed by atoms with Crippen molar-refractivity contribution in [2.24, 2.45) is 0 Å². The van der Waals surface area contributed by atoms with Crippen molar-refractivity contribution in [3.8, 4) is 11.1 Å². The van der Waals surface area contributed by atoms with E-state index >= 15 is 0 Å². The molecule has 0 bridgehead atoms. The van der Waals surface area contributed by atoms with Gasteiger partial charge in [-0.3, -0.25) is 0 Å². The predicted octanol–water partition coefficient (Wildman–Crippen LogP) is 3.87. The Morgan fingerprint density at radius 3 is 2.37 bits per heavy atom. The summed E-state index contributed by atoms with van der Waals surface area (Å²) < 4.78 is 4.83. The molecule has 19 heavy (non-hydrogen) atoms. The highest BCUT2D eigenvalue weighted by atomic mass is 16.5. The van der Waals surface area contributed by atoms with Crippen LogP contribution in [0.5, 0.6) is 0 Å². The molecule has 0 atom stereocenters. The molecule has 1 radical (unpaired) electrons. The Balaban J connectivity index is 2.70. The molecule has 0 heterocycles. The van der Waals surface area contributed by atoms with Crippen molar-refractivity contribution in [3.05, 3.63) is 58.7 Å². The summed E-state index contributed by atoms with van der Waals surface area (Å²) in [5, 5.41) is 0. The number of hydrogen-bond donors (Lipinski definition) is 0. The largest absolute Gasteiger partial charge is 0.465 e. The summed E-state index contributed by atoms with van der Waals surface area (Å²) >= 11 is 0. The van der Waals surface area contributed by atoms with Crippen molar-refractivity contribution in [2.45, 2.75) is 20.8 Å². The van der Waals surface area contributed by atoms with Gasteiger partial charge in [0.15, 0.2) is 0 Å². The van der Waals surface area contributed by atoms with Crippen LogP contribution in [0.25, 0.3) is 11.1 Å². The zero-order valence-corrected chi connectivity index (χ0v) is 11.7. The van der Waals surface area contributed by atoms with Gasteiger partial charge >= 0.3 is 5.97 Å². The molecule has 2 aromatic rings. The highest BCUT2D eigenvalue weighted by Gasteiger charge is 2.16. The fourth-order valence-corrected chi connectivity index (χ4v) is 2.52. The molecular formula is C17H17O2. The lowest BCUT2D eigenvalue weighted by atomic mass is 9.91. The number of esters is 1. The van der Waals surface area contributed by atoms with Gasteiger partial charge in [-0.2, -0.15) is 0 Å². The first kappa shape index (κ1) is 13.3. The zero-order valence-electron chi connectivity index (χ0n) is 11.7. The average molecular weight is 253 g/mol. The Kier molecular flexibility index (Phi) is 3.70. The van der Waals surface area contributed by atoms with Gasteiger partial charge in [0, 0.05) is 0 Å². The van der Waals surface area contributed by atoms with Crippen LogP contribution < -0.4 is 0 Å². The number of rotatable bonds is 2. The minimum atomic E-state index is -0.352. The van der Waals surface area contributed by atoms with E-state index in [4.69, 9.17) is 4.74 Å². The summed E-state index contributed by atoms with van der Waals surface area (Å²) in [6, 6.07) is 12.8. The van der Waals surface area contributed by atoms with E-state index in [1.54, 1.807) is 6.07 Å². The fraction of sp³-hybridized carbons (Fsp3) is 0.235. The van der Waals surface area contributed by atoms with Crippen LogP contribution in [0.2, 0.25) is 0 Å². The number of benzene rings is 2. The lowest BCUT2D eigenvalue weighted by molar-refractivity contribution is 0.0601. The Morgan fingerprint density at radius 1 is 1.16 bits per heavy atom. The first-order chi connectivity index (χ1) is 9.04. The SMILES string of the molecule is COC(=O)c1[c]cccc1-c1c(C)cc(C)cc1C. The van der Waals surface area contributed by atoms with Crippen molar-refractivity contribution in [1.29, 1.82) is 0 Å². The first-order valence-corrected chi connectivity index (χ1v) is 6.22. The van der Waals surface area contributed by atoms with Crippen LogP contribution in [0.4, 0.5) is 0 Å². The number of carbonyl (C=O) groups excluding carboxylic acids is 1. The van der Waals surface area contributed by atoms with E-state index in [-0.39, 0.29) is 5.97 Å². The maximum absolute atomic E-state index is 11.8. The van der Waals surface area contributed by atoms with Gasteiger partial charge in [-0.05, 0) is 49.1 Å². The van der Waals surface area contributed by atoms with Gasteiger partial charge in [0.25, 0.3) is 0 Å². The van der Waals surface area contributed by atoms with Crippen molar-refractivity contribution < 1.29 is 9.53 Å². The lowest BCUT2D eigenvalue weighted by Crippen LogP contribution is -2.05. The van der Waals surface area contributed by atoms with Crippen LogP contribution in [-0.2, 0) is 4.74 Å². The zero-order chi connectivity index (χ0) is 14.0. The molecule has 0 aliphatic rings. The molecule has 0 unspecified atom stereocenters. The summed E-state index contributed by atoms with van der Waals surface area (Å²) in [6.07, 6.45) is 0. The smallest absolute Gasteiger partial charge is 0.339 e. The molecule has 0 spiro atoms. The van der Waals surface area contributed by atoms with Crippen LogP contribution in [0.3, 0.4) is 0 Å². The van der Waals surface area contributed by atoms with Gasteiger partial charge in [0.05, 0.1) is 12.7 Å². The van der Waals surface area contributed by atoms with E-state index in [0.29, 0.717) is 5.56 Å². The monoisotopic (exact) mass is 253 g/mol. The molecule has 0 N–H and O–H groups in total. The summed E-state index contributed by atoms with van der Waals surface area (Å²) in [6.45, 7) is 6.19. The van der Waals surface area contributed by atoms with Crippen molar-refractivity contribution in [3.63, 3.8) is 0 Å². The minimum Gasteiger partial charge on any atom is -0.465 e. The average Bonchev–Trinajstić information content (AvgIpc) is 2.37. The second kappa shape index (κ2) is 5.27. The second-order valence-electron chi connectivity index (χ2n) is 4.72. The lowest BCUT2D eigenvalue weighted by Gasteiger charge is -2.14. The number of carbonyl (C=O) groups is 1. The van der Waals surface area contributed by atoms with E-state index in [9.17, 15) is 4.79 Å². The van der Waals surface area contributed by atoms with E-state index in [0.717, 1.165) is 22.3 Å². The third-order valence-corrected chi connectivity index (χ3v) is 3.19. The van der Waals surface area contributed by atoms with Gasteiger partial charge in [0.2, 0.25) is 0 Å². The standard InChI is InChI=1S/C17H17O2/c1-11-9-12(2)16(13(3)10-11)14-7-5-6-8-15(14)17(18)19-4/h5-7,9-10H,1-4H3. The molecule has 97 valence electrons. The summed E-state index contributed by atoms with van der Waals surface area (Å²) in [7, 11) is 1.39. The molecule has 0 amide bonds. The Bertz CT molecular complexity index is 604. The number of ether oxygens (including phenoxy) is 1. The van der Waals surface area contributed by atoms with Crippen molar-refractivity contribution in [2.75, 3.05) is 7.11 Å². The molecule has 0 saturated heterocycles. The summed E-state index contributed by atoms with van der Waals surface area (Å²) in [5.74, 6) is -0.352. The van der Waals surface area contributed by atoms with Gasteiger partial charge in [0.1, 0.15) is 0 Å². The molecule has 0 fully saturated rings. The molecule has 0 aromatic heterocycles. The van der Waals surface area contributed by atoms with Gasteiger partial charge in [-0.1, -0.05) is 35.9 Å². The number of methoxy groups -OCH3 is 1. The molecule has 2 nitrogen and oxygen atoms in total. The van der Waals surface area contributed by atoms with Gasteiger partial charge < -0.3 is 4.74 Å². The van der Waals surface area contributed by atoms with Gasteiger partial charge in [-0.15, -0.1) is 0 Å². The Hall–Kier alpha value is -2.09. The molecule has 2 rings (SSSR count). The molecular weight excluding hydrogens is 236 g/mol. The van der Waals surface area contributed by atoms with Crippen LogP contribution in [0.1, 0.15) is 27.0 Å². The summed E-state index contributed by atoms with van der Waals surface area (Å²) in [5.41, 5.74) is 5.98.